The predicted molar refractivity (Wildman–Crippen MR) is 69.5 cm³/mol. The molecule has 1 aliphatic carbocycles. The van der Waals surface area contributed by atoms with Crippen molar-refractivity contribution in [3.8, 4) is 0 Å². The maximum Gasteiger partial charge on any atom is 0.254 e. The van der Waals surface area contributed by atoms with Gasteiger partial charge in [-0.3, -0.25) is 4.79 Å². The molecule has 0 spiro atoms. The summed E-state index contributed by atoms with van der Waals surface area (Å²) in [5.74, 6) is 0.488. The molecular weight excluding hydrogens is 226 g/mol. The maximum absolute atomic E-state index is 12.3. The van der Waals surface area contributed by atoms with Gasteiger partial charge in [-0.15, -0.1) is 0 Å². The number of carbonyl (C=O) groups is 1. The molecule has 0 radical (unpaired) electrons. The van der Waals surface area contributed by atoms with Crippen molar-refractivity contribution < 1.29 is 9.90 Å². The molecule has 2 fully saturated rings. The zero-order valence-electron chi connectivity index (χ0n) is 10.9. The first-order valence-electron chi connectivity index (χ1n) is 6.58. The van der Waals surface area contributed by atoms with Crippen LogP contribution < -0.4 is 0 Å². The summed E-state index contributed by atoms with van der Waals surface area (Å²) in [6, 6.07) is 5.93. The van der Waals surface area contributed by atoms with E-state index in [1.807, 2.05) is 32.0 Å². The van der Waals surface area contributed by atoms with Crippen molar-refractivity contribution >= 4 is 5.91 Å². The van der Waals surface area contributed by atoms with E-state index in [1.165, 1.54) is 0 Å². The highest BCUT2D eigenvalue weighted by molar-refractivity contribution is 5.96. The highest BCUT2D eigenvalue weighted by Gasteiger charge is 2.53. The number of benzene rings is 1. The van der Waals surface area contributed by atoms with E-state index in [0.717, 1.165) is 29.5 Å². The molecule has 0 aromatic heterocycles. The fourth-order valence-corrected chi connectivity index (χ4v) is 2.77. The minimum absolute atomic E-state index is 0.0570. The van der Waals surface area contributed by atoms with Crippen LogP contribution in [0.1, 0.15) is 34.3 Å². The molecule has 1 heterocycles. The Hall–Kier alpha value is -1.35. The molecule has 1 aromatic rings. The maximum atomic E-state index is 12.3. The first-order valence-corrected chi connectivity index (χ1v) is 6.58. The van der Waals surface area contributed by atoms with E-state index in [-0.39, 0.29) is 5.91 Å². The van der Waals surface area contributed by atoms with Gasteiger partial charge in [-0.05, 0) is 44.2 Å². The lowest BCUT2D eigenvalue weighted by Gasteiger charge is -2.47. The van der Waals surface area contributed by atoms with Gasteiger partial charge in [0.1, 0.15) is 5.60 Å². The summed E-state index contributed by atoms with van der Waals surface area (Å²) in [4.78, 5) is 14.1. The summed E-state index contributed by atoms with van der Waals surface area (Å²) in [5, 5.41) is 10.2. The molecule has 1 amide bonds. The van der Waals surface area contributed by atoms with Crippen molar-refractivity contribution in [2.24, 2.45) is 5.92 Å². The van der Waals surface area contributed by atoms with Crippen LogP contribution in [0.25, 0.3) is 0 Å². The minimum atomic E-state index is -0.590. The molecule has 1 aliphatic heterocycles. The summed E-state index contributed by atoms with van der Waals surface area (Å²) in [6.45, 7) is 4.96. The van der Waals surface area contributed by atoms with E-state index in [2.05, 4.69) is 0 Å². The topological polar surface area (TPSA) is 40.5 Å². The predicted octanol–water partition coefficient (Wildman–Crippen LogP) is 1.90. The largest absolute Gasteiger partial charge is 0.386 e. The van der Waals surface area contributed by atoms with Gasteiger partial charge >= 0.3 is 0 Å². The minimum Gasteiger partial charge on any atom is -0.386 e. The first kappa shape index (κ1) is 11.7. The van der Waals surface area contributed by atoms with Gasteiger partial charge in [-0.1, -0.05) is 17.7 Å². The zero-order chi connectivity index (χ0) is 12.9. The summed E-state index contributed by atoms with van der Waals surface area (Å²) in [7, 11) is 0. The number of β-amino-alcohol motifs (C(OH)–C–C–N with tert-alkyl or cyclic N) is 1. The van der Waals surface area contributed by atoms with Crippen LogP contribution in [0.15, 0.2) is 18.2 Å². The van der Waals surface area contributed by atoms with Crippen molar-refractivity contribution in [2.75, 3.05) is 13.1 Å². The zero-order valence-corrected chi connectivity index (χ0v) is 10.9. The molecule has 1 saturated carbocycles. The lowest BCUT2D eigenvalue weighted by atomic mass is 9.87. The summed E-state index contributed by atoms with van der Waals surface area (Å²) >= 11 is 0. The Morgan fingerprint density at radius 3 is 2.61 bits per heavy atom. The number of aliphatic hydroxyl groups is 1. The Morgan fingerprint density at radius 2 is 2.00 bits per heavy atom. The third-order valence-electron chi connectivity index (χ3n) is 4.18. The smallest absolute Gasteiger partial charge is 0.254 e. The van der Waals surface area contributed by atoms with Crippen LogP contribution in [0, 0.1) is 19.8 Å². The highest BCUT2D eigenvalue weighted by Crippen LogP contribution is 2.44. The molecule has 1 saturated heterocycles. The van der Waals surface area contributed by atoms with Crippen molar-refractivity contribution in [1.82, 2.24) is 4.90 Å². The second-order valence-electron chi connectivity index (χ2n) is 5.86. The van der Waals surface area contributed by atoms with Crippen LogP contribution in [-0.4, -0.2) is 34.6 Å². The number of carbonyl (C=O) groups excluding carboxylic acids is 1. The molecule has 0 bridgehead atoms. The van der Waals surface area contributed by atoms with Gasteiger partial charge in [0.25, 0.3) is 5.91 Å². The average molecular weight is 245 g/mol. The van der Waals surface area contributed by atoms with Gasteiger partial charge in [0.15, 0.2) is 0 Å². The highest BCUT2D eigenvalue weighted by atomic mass is 16.3. The molecule has 0 atom stereocenters. The van der Waals surface area contributed by atoms with Gasteiger partial charge in [-0.2, -0.15) is 0 Å². The van der Waals surface area contributed by atoms with Crippen LogP contribution in [0.2, 0.25) is 0 Å². The van der Waals surface area contributed by atoms with Crippen molar-refractivity contribution in [1.29, 1.82) is 0 Å². The molecule has 3 rings (SSSR count). The third kappa shape index (κ3) is 1.83. The lowest BCUT2D eigenvalue weighted by Crippen LogP contribution is -2.64. The molecule has 2 aliphatic rings. The van der Waals surface area contributed by atoms with Crippen LogP contribution in [0.5, 0.6) is 0 Å². The van der Waals surface area contributed by atoms with Gasteiger partial charge in [0.05, 0.1) is 13.1 Å². The lowest BCUT2D eigenvalue weighted by molar-refractivity contribution is -0.0958. The van der Waals surface area contributed by atoms with Crippen LogP contribution in [0.4, 0.5) is 0 Å². The van der Waals surface area contributed by atoms with Crippen molar-refractivity contribution in [3.05, 3.63) is 34.9 Å². The Kier molecular flexibility index (Phi) is 2.49. The number of hydrogen-bond donors (Lipinski definition) is 1. The number of aryl methyl sites for hydroxylation is 2. The van der Waals surface area contributed by atoms with E-state index < -0.39 is 5.60 Å². The number of hydrogen-bond acceptors (Lipinski definition) is 2. The Labute approximate surface area is 107 Å². The Balaban J connectivity index is 1.74. The Bertz CT molecular complexity index is 499. The quantitative estimate of drug-likeness (QED) is 0.864. The fraction of sp³-hybridized carbons (Fsp3) is 0.533. The van der Waals surface area contributed by atoms with E-state index in [0.29, 0.717) is 19.0 Å². The van der Waals surface area contributed by atoms with Gasteiger partial charge in [-0.25, -0.2) is 0 Å². The molecule has 1 N–H and O–H groups in total. The van der Waals surface area contributed by atoms with Crippen molar-refractivity contribution in [3.63, 3.8) is 0 Å². The second kappa shape index (κ2) is 3.82. The monoisotopic (exact) mass is 245 g/mol. The van der Waals surface area contributed by atoms with Crippen LogP contribution in [-0.2, 0) is 0 Å². The fourth-order valence-electron chi connectivity index (χ4n) is 2.77. The molecule has 96 valence electrons. The summed E-state index contributed by atoms with van der Waals surface area (Å²) in [5.41, 5.74) is 2.29. The number of rotatable bonds is 2. The summed E-state index contributed by atoms with van der Waals surface area (Å²) in [6.07, 6.45) is 2.23. The first-order chi connectivity index (χ1) is 8.49. The normalized spacial score (nSPS) is 21.6. The van der Waals surface area contributed by atoms with E-state index in [1.54, 1.807) is 4.90 Å². The molecule has 0 unspecified atom stereocenters. The number of amides is 1. The van der Waals surface area contributed by atoms with E-state index >= 15 is 0 Å². The second-order valence-corrected chi connectivity index (χ2v) is 5.86. The van der Waals surface area contributed by atoms with Gasteiger partial charge in [0, 0.05) is 5.56 Å². The SMILES string of the molecule is Cc1ccc(C)c(C(=O)N2CC(O)(C3CC3)C2)c1. The Morgan fingerprint density at radius 1 is 1.33 bits per heavy atom. The molecule has 1 aromatic carbocycles. The average Bonchev–Trinajstić information content (AvgIpc) is 3.11. The molecular formula is C15H19NO2. The molecule has 3 heteroatoms. The van der Waals surface area contributed by atoms with Crippen LogP contribution >= 0.6 is 0 Å². The third-order valence-corrected chi connectivity index (χ3v) is 4.18. The number of nitrogens with zero attached hydrogens (tertiary/aromatic N) is 1. The van der Waals surface area contributed by atoms with Crippen LogP contribution in [0.3, 0.4) is 0 Å². The van der Waals surface area contributed by atoms with Gasteiger partial charge in [0.2, 0.25) is 0 Å². The number of likely N-dealkylation sites (tertiary alicyclic amines) is 1. The molecule has 18 heavy (non-hydrogen) atoms. The van der Waals surface area contributed by atoms with E-state index in [4.69, 9.17) is 0 Å². The van der Waals surface area contributed by atoms with E-state index in [9.17, 15) is 9.90 Å². The summed E-state index contributed by atoms with van der Waals surface area (Å²) < 4.78 is 0. The molecule has 3 nitrogen and oxygen atoms in total. The van der Waals surface area contributed by atoms with Gasteiger partial charge < -0.3 is 10.0 Å². The van der Waals surface area contributed by atoms with Crippen molar-refractivity contribution in [2.45, 2.75) is 32.3 Å². The standard InChI is InChI=1S/C15H19NO2/c1-10-3-4-11(2)13(7-10)14(17)16-8-15(18,9-16)12-5-6-12/h3-4,7,12,18H,5-6,8-9H2,1-2H3.